The third-order valence-corrected chi connectivity index (χ3v) is 3.14. The maximum absolute atomic E-state index is 11.6. The molecule has 6 heteroatoms. The van der Waals surface area contributed by atoms with E-state index in [-0.39, 0.29) is 18.5 Å². The van der Waals surface area contributed by atoms with Crippen molar-refractivity contribution >= 4 is 12.0 Å². The minimum absolute atomic E-state index is 0.0363. The van der Waals surface area contributed by atoms with Crippen LogP contribution in [0.25, 0.3) is 0 Å². The van der Waals surface area contributed by atoms with Gasteiger partial charge in [0.1, 0.15) is 0 Å². The van der Waals surface area contributed by atoms with Gasteiger partial charge in [0.2, 0.25) is 0 Å². The van der Waals surface area contributed by atoms with E-state index < -0.39 is 11.9 Å². The van der Waals surface area contributed by atoms with Gasteiger partial charge in [-0.3, -0.25) is 9.78 Å². The molecule has 0 bridgehead atoms. The van der Waals surface area contributed by atoms with E-state index in [1.165, 1.54) is 0 Å². The topological polar surface area (TPSA) is 91.3 Å². The Hall–Kier alpha value is -2.11. The number of carboxylic acids is 1. The highest BCUT2D eigenvalue weighted by Gasteiger charge is 2.21. The molecule has 2 amide bonds. The Morgan fingerprint density at radius 2 is 2.05 bits per heavy atom. The molecule has 20 heavy (non-hydrogen) atoms. The zero-order chi connectivity index (χ0) is 15.1. The number of nitrogens with zero attached hydrogens (tertiary/aromatic N) is 1. The number of carboxylic acid groups (broad SMARTS) is 1. The second kappa shape index (κ2) is 7.47. The van der Waals surface area contributed by atoms with Crippen LogP contribution in [0.1, 0.15) is 25.1 Å². The molecule has 0 saturated heterocycles. The maximum Gasteiger partial charge on any atom is 0.315 e. The summed E-state index contributed by atoms with van der Waals surface area (Å²) in [6.07, 6.45) is 1.67. The van der Waals surface area contributed by atoms with E-state index in [1.54, 1.807) is 6.20 Å². The lowest BCUT2D eigenvalue weighted by Crippen LogP contribution is -2.41. The first kappa shape index (κ1) is 15.9. The highest BCUT2D eigenvalue weighted by atomic mass is 16.4. The Labute approximate surface area is 118 Å². The SMILES string of the molecule is Cc1cccnc1CNC(=O)NCC(C(=O)O)C(C)C. The minimum atomic E-state index is -0.902. The van der Waals surface area contributed by atoms with E-state index in [0.717, 1.165) is 11.3 Å². The van der Waals surface area contributed by atoms with Crippen molar-refractivity contribution in [1.29, 1.82) is 0 Å². The van der Waals surface area contributed by atoms with Gasteiger partial charge in [0.15, 0.2) is 0 Å². The number of aromatic nitrogens is 1. The van der Waals surface area contributed by atoms with Crippen molar-refractivity contribution in [2.24, 2.45) is 11.8 Å². The fraction of sp³-hybridized carbons (Fsp3) is 0.500. The number of nitrogens with one attached hydrogen (secondary N) is 2. The van der Waals surface area contributed by atoms with Crippen LogP contribution in [0.5, 0.6) is 0 Å². The van der Waals surface area contributed by atoms with Gasteiger partial charge in [-0.25, -0.2) is 4.79 Å². The van der Waals surface area contributed by atoms with Crippen molar-refractivity contribution in [2.45, 2.75) is 27.3 Å². The molecule has 1 aromatic rings. The zero-order valence-corrected chi connectivity index (χ0v) is 12.0. The molecule has 1 aromatic heterocycles. The van der Waals surface area contributed by atoms with Crippen LogP contribution in [0, 0.1) is 18.8 Å². The molecule has 0 spiro atoms. The number of amides is 2. The molecule has 3 N–H and O–H groups in total. The molecule has 1 heterocycles. The fourth-order valence-corrected chi connectivity index (χ4v) is 1.74. The van der Waals surface area contributed by atoms with Crippen LogP contribution in [0.15, 0.2) is 18.3 Å². The van der Waals surface area contributed by atoms with E-state index in [9.17, 15) is 9.59 Å². The highest BCUT2D eigenvalue weighted by Crippen LogP contribution is 2.09. The third-order valence-electron chi connectivity index (χ3n) is 3.14. The molecule has 1 atom stereocenters. The molecule has 0 fully saturated rings. The number of rotatable bonds is 6. The Bertz CT molecular complexity index is 474. The average molecular weight is 279 g/mol. The lowest BCUT2D eigenvalue weighted by molar-refractivity contribution is -0.142. The Morgan fingerprint density at radius 3 is 2.60 bits per heavy atom. The molecule has 0 aliphatic heterocycles. The molecule has 110 valence electrons. The zero-order valence-electron chi connectivity index (χ0n) is 12.0. The van der Waals surface area contributed by atoms with Gasteiger partial charge < -0.3 is 15.7 Å². The number of urea groups is 1. The van der Waals surface area contributed by atoms with Crippen molar-refractivity contribution in [3.63, 3.8) is 0 Å². The second-order valence-corrected chi connectivity index (χ2v) is 5.02. The van der Waals surface area contributed by atoms with Gasteiger partial charge in [0.05, 0.1) is 18.2 Å². The first-order valence-corrected chi connectivity index (χ1v) is 6.56. The van der Waals surface area contributed by atoms with Crippen molar-refractivity contribution in [3.8, 4) is 0 Å². The molecule has 1 unspecified atom stereocenters. The van der Waals surface area contributed by atoms with Crippen LogP contribution >= 0.6 is 0 Å². The van der Waals surface area contributed by atoms with Crippen molar-refractivity contribution in [1.82, 2.24) is 15.6 Å². The number of aryl methyl sites for hydroxylation is 1. The van der Waals surface area contributed by atoms with Gasteiger partial charge in [0.25, 0.3) is 0 Å². The highest BCUT2D eigenvalue weighted by molar-refractivity contribution is 5.75. The summed E-state index contributed by atoms with van der Waals surface area (Å²) in [7, 11) is 0. The average Bonchev–Trinajstić information content (AvgIpc) is 2.37. The fourth-order valence-electron chi connectivity index (χ4n) is 1.74. The monoisotopic (exact) mass is 279 g/mol. The number of carbonyl (C=O) groups is 2. The summed E-state index contributed by atoms with van der Waals surface area (Å²) in [5.41, 5.74) is 1.79. The van der Waals surface area contributed by atoms with Crippen LogP contribution in [-0.4, -0.2) is 28.6 Å². The number of carbonyl (C=O) groups excluding carboxylic acids is 1. The molecule has 0 saturated carbocycles. The van der Waals surface area contributed by atoms with Gasteiger partial charge in [-0.15, -0.1) is 0 Å². The molecule has 1 rings (SSSR count). The summed E-state index contributed by atoms with van der Waals surface area (Å²) in [5, 5.41) is 14.3. The van der Waals surface area contributed by atoms with Gasteiger partial charge in [-0.2, -0.15) is 0 Å². The predicted molar refractivity (Wildman–Crippen MR) is 75.2 cm³/mol. The Morgan fingerprint density at radius 1 is 1.35 bits per heavy atom. The maximum atomic E-state index is 11.6. The van der Waals surface area contributed by atoms with Crippen LogP contribution in [0.4, 0.5) is 4.79 Å². The van der Waals surface area contributed by atoms with Crippen LogP contribution < -0.4 is 10.6 Å². The van der Waals surface area contributed by atoms with Crippen LogP contribution in [0.3, 0.4) is 0 Å². The largest absolute Gasteiger partial charge is 0.481 e. The molecular weight excluding hydrogens is 258 g/mol. The number of aliphatic carboxylic acids is 1. The molecule has 0 aromatic carbocycles. The molecule has 0 aliphatic rings. The second-order valence-electron chi connectivity index (χ2n) is 5.02. The third kappa shape index (κ3) is 4.87. The summed E-state index contributed by atoms with van der Waals surface area (Å²) in [6.45, 7) is 5.98. The quantitative estimate of drug-likeness (QED) is 0.736. The predicted octanol–water partition coefficient (Wildman–Crippen LogP) is 1.55. The lowest BCUT2D eigenvalue weighted by Gasteiger charge is -2.17. The van der Waals surface area contributed by atoms with E-state index in [1.807, 2.05) is 32.9 Å². The van der Waals surface area contributed by atoms with Crippen molar-refractivity contribution < 1.29 is 14.7 Å². The van der Waals surface area contributed by atoms with Gasteiger partial charge >= 0.3 is 12.0 Å². The summed E-state index contributed by atoms with van der Waals surface area (Å²) in [5.74, 6) is -1.52. The summed E-state index contributed by atoms with van der Waals surface area (Å²) >= 11 is 0. The molecule has 6 nitrogen and oxygen atoms in total. The number of hydrogen-bond acceptors (Lipinski definition) is 3. The van der Waals surface area contributed by atoms with Crippen LogP contribution in [-0.2, 0) is 11.3 Å². The Balaban J connectivity index is 2.41. The van der Waals surface area contributed by atoms with Gasteiger partial charge in [-0.1, -0.05) is 19.9 Å². The standard InChI is InChI=1S/C14H21N3O3/c1-9(2)11(13(18)19)7-16-14(20)17-8-12-10(3)5-4-6-15-12/h4-6,9,11H,7-8H2,1-3H3,(H,18,19)(H2,16,17,20). The number of hydrogen-bond donors (Lipinski definition) is 3. The molecular formula is C14H21N3O3. The van der Waals surface area contributed by atoms with Gasteiger partial charge in [0, 0.05) is 12.7 Å². The molecule has 0 aliphatic carbocycles. The van der Waals surface area contributed by atoms with Crippen LogP contribution in [0.2, 0.25) is 0 Å². The Kier molecular flexibility index (Phi) is 5.96. The molecule has 0 radical (unpaired) electrons. The van der Waals surface area contributed by atoms with Gasteiger partial charge in [-0.05, 0) is 24.5 Å². The smallest absolute Gasteiger partial charge is 0.315 e. The first-order chi connectivity index (χ1) is 9.41. The minimum Gasteiger partial charge on any atom is -0.481 e. The van der Waals surface area contributed by atoms with E-state index in [2.05, 4.69) is 15.6 Å². The first-order valence-electron chi connectivity index (χ1n) is 6.56. The lowest BCUT2D eigenvalue weighted by atomic mass is 9.96. The summed E-state index contributed by atoms with van der Waals surface area (Å²) in [6, 6.07) is 3.36. The van der Waals surface area contributed by atoms with Crippen molar-refractivity contribution in [2.75, 3.05) is 6.54 Å². The van der Waals surface area contributed by atoms with E-state index >= 15 is 0 Å². The van der Waals surface area contributed by atoms with Crippen molar-refractivity contribution in [3.05, 3.63) is 29.6 Å². The van der Waals surface area contributed by atoms with E-state index in [0.29, 0.717) is 6.54 Å². The summed E-state index contributed by atoms with van der Waals surface area (Å²) in [4.78, 5) is 26.8. The normalized spacial score (nSPS) is 12.0. The number of pyridine rings is 1. The summed E-state index contributed by atoms with van der Waals surface area (Å²) < 4.78 is 0. The van der Waals surface area contributed by atoms with E-state index in [4.69, 9.17) is 5.11 Å².